The third-order valence-corrected chi connectivity index (χ3v) is 4.22. The molecule has 88 valence electrons. The largest absolute Gasteiger partial charge is 0.345 e. The summed E-state index contributed by atoms with van der Waals surface area (Å²) in [6.07, 6.45) is 11.1. The molecule has 1 aromatic heterocycles. The first kappa shape index (κ1) is 10.3. The molecule has 2 fully saturated rings. The fourth-order valence-corrected chi connectivity index (χ4v) is 3.07. The lowest BCUT2D eigenvalue weighted by Gasteiger charge is -2.30. The van der Waals surface area contributed by atoms with E-state index in [1.54, 1.807) is 0 Å². The van der Waals surface area contributed by atoms with Gasteiger partial charge in [0.15, 0.2) is 0 Å². The second-order valence-electron chi connectivity index (χ2n) is 5.49. The standard InChI is InChI=1S/C13H21N3/c14-11-6-10(7-11)13-15-8-12(16-13)9-4-2-1-3-5-9/h8-11H,1-7,14H2,(H,15,16). The smallest absolute Gasteiger partial charge is 0.109 e. The number of H-pyrrole nitrogens is 1. The minimum absolute atomic E-state index is 0.410. The zero-order chi connectivity index (χ0) is 11.0. The Labute approximate surface area is 96.8 Å². The predicted molar refractivity (Wildman–Crippen MR) is 64.4 cm³/mol. The summed E-state index contributed by atoms with van der Waals surface area (Å²) in [5.74, 6) is 2.53. The van der Waals surface area contributed by atoms with Gasteiger partial charge in [0.05, 0.1) is 0 Å². The highest BCUT2D eigenvalue weighted by atomic mass is 14.9. The monoisotopic (exact) mass is 219 g/mol. The van der Waals surface area contributed by atoms with Gasteiger partial charge in [-0.3, -0.25) is 0 Å². The van der Waals surface area contributed by atoms with Crippen molar-refractivity contribution < 1.29 is 0 Å². The minimum atomic E-state index is 0.410. The Morgan fingerprint density at radius 2 is 1.88 bits per heavy atom. The van der Waals surface area contributed by atoms with Crippen LogP contribution in [0.15, 0.2) is 6.20 Å². The summed E-state index contributed by atoms with van der Waals surface area (Å²) in [7, 11) is 0. The Kier molecular flexibility index (Phi) is 2.72. The fourth-order valence-electron chi connectivity index (χ4n) is 3.07. The van der Waals surface area contributed by atoms with Gasteiger partial charge in [-0.15, -0.1) is 0 Å². The molecule has 0 saturated heterocycles. The van der Waals surface area contributed by atoms with Crippen LogP contribution in [-0.4, -0.2) is 16.0 Å². The number of aromatic nitrogens is 2. The van der Waals surface area contributed by atoms with Crippen molar-refractivity contribution in [2.75, 3.05) is 0 Å². The number of nitrogens with zero attached hydrogens (tertiary/aromatic N) is 1. The first-order valence-corrected chi connectivity index (χ1v) is 6.63. The summed E-state index contributed by atoms with van der Waals surface area (Å²) in [5, 5.41) is 0. The molecule has 2 saturated carbocycles. The number of nitrogens with one attached hydrogen (secondary N) is 1. The number of hydrogen-bond acceptors (Lipinski definition) is 2. The highest BCUT2D eigenvalue weighted by Crippen LogP contribution is 2.36. The average molecular weight is 219 g/mol. The molecule has 0 radical (unpaired) electrons. The molecule has 3 nitrogen and oxygen atoms in total. The molecule has 1 aromatic rings. The number of imidazole rings is 1. The lowest BCUT2D eigenvalue weighted by molar-refractivity contribution is 0.339. The third kappa shape index (κ3) is 1.88. The molecule has 2 aliphatic rings. The SMILES string of the molecule is NC1CC(c2ncc(C3CCCCC3)[nH]2)C1. The van der Waals surface area contributed by atoms with Crippen LogP contribution in [-0.2, 0) is 0 Å². The molecule has 3 heteroatoms. The molecule has 0 spiro atoms. The lowest BCUT2D eigenvalue weighted by atomic mass is 9.80. The van der Waals surface area contributed by atoms with Gasteiger partial charge < -0.3 is 10.7 Å². The minimum Gasteiger partial charge on any atom is -0.345 e. The zero-order valence-electron chi connectivity index (χ0n) is 9.78. The molecule has 0 amide bonds. The summed E-state index contributed by atoms with van der Waals surface area (Å²) in [6.45, 7) is 0. The van der Waals surface area contributed by atoms with Crippen molar-refractivity contribution in [2.24, 2.45) is 5.73 Å². The Morgan fingerprint density at radius 1 is 1.12 bits per heavy atom. The van der Waals surface area contributed by atoms with Crippen LogP contribution in [0.1, 0.15) is 68.3 Å². The number of nitrogens with two attached hydrogens (primary N) is 1. The van der Waals surface area contributed by atoms with Crippen molar-refractivity contribution in [3.63, 3.8) is 0 Å². The van der Waals surface area contributed by atoms with Crippen molar-refractivity contribution >= 4 is 0 Å². The van der Waals surface area contributed by atoms with Gasteiger partial charge in [-0.2, -0.15) is 0 Å². The zero-order valence-corrected chi connectivity index (χ0v) is 9.78. The van der Waals surface area contributed by atoms with Crippen LogP contribution in [0.3, 0.4) is 0 Å². The molecular weight excluding hydrogens is 198 g/mol. The molecule has 0 aromatic carbocycles. The summed E-state index contributed by atoms with van der Waals surface area (Å²) >= 11 is 0. The summed E-state index contributed by atoms with van der Waals surface area (Å²) < 4.78 is 0. The van der Waals surface area contributed by atoms with Crippen molar-refractivity contribution in [1.82, 2.24) is 9.97 Å². The van der Waals surface area contributed by atoms with Crippen molar-refractivity contribution in [1.29, 1.82) is 0 Å². The van der Waals surface area contributed by atoms with Gasteiger partial charge in [0.1, 0.15) is 5.82 Å². The molecule has 0 aliphatic heterocycles. The van der Waals surface area contributed by atoms with Gasteiger partial charge in [0.25, 0.3) is 0 Å². The second kappa shape index (κ2) is 4.21. The maximum atomic E-state index is 5.81. The van der Waals surface area contributed by atoms with Gasteiger partial charge in [-0.1, -0.05) is 19.3 Å². The molecule has 3 N–H and O–H groups in total. The molecule has 16 heavy (non-hydrogen) atoms. The summed E-state index contributed by atoms with van der Waals surface area (Å²) in [6, 6.07) is 0.410. The molecule has 0 unspecified atom stereocenters. The lowest BCUT2D eigenvalue weighted by Crippen LogP contribution is -2.35. The number of hydrogen-bond donors (Lipinski definition) is 2. The first-order valence-electron chi connectivity index (χ1n) is 6.63. The van der Waals surface area contributed by atoms with Crippen LogP contribution in [0.2, 0.25) is 0 Å². The Balaban J connectivity index is 1.67. The van der Waals surface area contributed by atoms with E-state index in [0.29, 0.717) is 12.0 Å². The topological polar surface area (TPSA) is 54.7 Å². The van der Waals surface area contributed by atoms with E-state index >= 15 is 0 Å². The molecule has 0 bridgehead atoms. The van der Waals surface area contributed by atoms with E-state index in [9.17, 15) is 0 Å². The Bertz CT molecular complexity index is 346. The highest BCUT2D eigenvalue weighted by Gasteiger charge is 2.30. The van der Waals surface area contributed by atoms with Crippen LogP contribution < -0.4 is 5.73 Å². The van der Waals surface area contributed by atoms with Crippen LogP contribution in [0, 0.1) is 0 Å². The number of rotatable bonds is 2. The summed E-state index contributed by atoms with van der Waals surface area (Å²) in [5.41, 5.74) is 7.18. The molecular formula is C13H21N3. The second-order valence-corrected chi connectivity index (χ2v) is 5.49. The van der Waals surface area contributed by atoms with Gasteiger partial charge in [0, 0.05) is 29.8 Å². The van der Waals surface area contributed by atoms with Gasteiger partial charge in [-0.25, -0.2) is 4.98 Å². The van der Waals surface area contributed by atoms with E-state index < -0.39 is 0 Å². The normalized spacial score (nSPS) is 31.3. The van der Waals surface area contributed by atoms with Crippen LogP contribution in [0.5, 0.6) is 0 Å². The van der Waals surface area contributed by atoms with E-state index in [1.165, 1.54) is 43.6 Å². The van der Waals surface area contributed by atoms with E-state index in [4.69, 9.17) is 5.73 Å². The first-order chi connectivity index (χ1) is 7.83. The maximum Gasteiger partial charge on any atom is 0.109 e. The van der Waals surface area contributed by atoms with E-state index in [1.807, 2.05) is 0 Å². The number of aromatic amines is 1. The van der Waals surface area contributed by atoms with Crippen LogP contribution in [0.4, 0.5) is 0 Å². The average Bonchev–Trinajstić information content (AvgIpc) is 2.75. The third-order valence-electron chi connectivity index (χ3n) is 4.22. The van der Waals surface area contributed by atoms with E-state index in [-0.39, 0.29) is 0 Å². The maximum absolute atomic E-state index is 5.81. The van der Waals surface area contributed by atoms with Crippen LogP contribution >= 0.6 is 0 Å². The predicted octanol–water partition coefficient (Wildman–Crippen LogP) is 2.66. The molecule has 2 aliphatic carbocycles. The van der Waals surface area contributed by atoms with Gasteiger partial charge in [-0.05, 0) is 25.7 Å². The fraction of sp³-hybridized carbons (Fsp3) is 0.769. The van der Waals surface area contributed by atoms with Crippen LogP contribution in [0.25, 0.3) is 0 Å². The van der Waals surface area contributed by atoms with E-state index in [2.05, 4.69) is 16.2 Å². The van der Waals surface area contributed by atoms with Gasteiger partial charge >= 0.3 is 0 Å². The van der Waals surface area contributed by atoms with Crippen molar-refractivity contribution in [3.8, 4) is 0 Å². The highest BCUT2D eigenvalue weighted by molar-refractivity contribution is 5.13. The molecule has 3 rings (SSSR count). The van der Waals surface area contributed by atoms with Crippen molar-refractivity contribution in [2.45, 2.75) is 62.8 Å². The Morgan fingerprint density at radius 3 is 2.56 bits per heavy atom. The van der Waals surface area contributed by atoms with Crippen molar-refractivity contribution in [3.05, 3.63) is 17.7 Å². The summed E-state index contributed by atoms with van der Waals surface area (Å²) in [4.78, 5) is 8.08. The van der Waals surface area contributed by atoms with Gasteiger partial charge in [0.2, 0.25) is 0 Å². The molecule has 1 heterocycles. The quantitative estimate of drug-likeness (QED) is 0.803. The Hall–Kier alpha value is -0.830. The molecule has 0 atom stereocenters. The van der Waals surface area contributed by atoms with E-state index in [0.717, 1.165) is 18.8 Å².